The molecule has 0 aromatic carbocycles. The van der Waals surface area contributed by atoms with Gasteiger partial charge >= 0.3 is 0 Å². The molecule has 0 radical (unpaired) electrons. The fraction of sp³-hybridized carbons (Fsp3) is 0.324. The number of ether oxygens (including phenoxy) is 5. The van der Waals surface area contributed by atoms with E-state index in [1.165, 1.54) is 25.9 Å². The minimum Gasteiger partial charge on any atom is -0.501 e. The number of hydrogen-bond acceptors (Lipinski definition) is 11. The van der Waals surface area contributed by atoms with Crippen LogP contribution in [0, 0.1) is 0 Å². The molecule has 12 heteroatoms. The zero-order valence-corrected chi connectivity index (χ0v) is 30.6. The molecule has 2 aliphatic carbocycles. The summed E-state index contributed by atoms with van der Waals surface area (Å²) in [5.41, 5.74) is 2.13. The second-order valence-electron chi connectivity index (χ2n) is 10.4. The highest BCUT2D eigenvalue weighted by Crippen LogP contribution is 2.26. The lowest BCUT2D eigenvalue weighted by molar-refractivity contribution is -0.104. The van der Waals surface area contributed by atoms with Crippen molar-refractivity contribution < 1.29 is 37.7 Å². The predicted molar refractivity (Wildman–Crippen MR) is 196 cm³/mol. The molecule has 0 fully saturated rings. The Morgan fingerprint density at radius 3 is 2.43 bits per heavy atom. The van der Waals surface area contributed by atoms with Crippen molar-refractivity contribution in [1.29, 1.82) is 0 Å². The van der Waals surface area contributed by atoms with Gasteiger partial charge in [0, 0.05) is 43.0 Å². The van der Waals surface area contributed by atoms with Crippen LogP contribution >= 0.6 is 23.5 Å². The Kier molecular flexibility index (Phi) is 15.4. The molecule has 0 unspecified atom stereocenters. The van der Waals surface area contributed by atoms with E-state index in [0.717, 1.165) is 22.2 Å². The maximum atomic E-state index is 14.1. The number of methoxy groups -OCH3 is 4. The van der Waals surface area contributed by atoms with Crippen LogP contribution in [-0.2, 0) is 30.2 Å². The molecule has 3 rings (SSSR count). The van der Waals surface area contributed by atoms with Gasteiger partial charge in [-0.15, -0.1) is 11.8 Å². The molecule has 0 bridgehead atoms. The standard InChI is InChI=1S/C37H43NO9S2/c1-9-27(14-10-23(2)24(3)33(22-39)49-37(41)38-4)48-19-18-46-36-32(20-25-11-15-28(43-6)29(44-7)16-12-25)47-30-17-13-26(42-5)21-31(45-8)34(30)35(36)40/h9-12,14-15,17,21-22H,2,13,16,18-20H2,1,3-8H3,(H,38,41)/b14-10-,27-9+,33-24-. The first-order chi connectivity index (χ1) is 23.6. The summed E-state index contributed by atoms with van der Waals surface area (Å²) in [4.78, 5) is 38.6. The highest BCUT2D eigenvalue weighted by Gasteiger charge is 2.20. The van der Waals surface area contributed by atoms with Gasteiger partial charge in [0.1, 0.15) is 27.9 Å². The molecular weight excluding hydrogens is 667 g/mol. The number of hydrogen-bond donors (Lipinski definition) is 1. The highest BCUT2D eigenvalue weighted by molar-refractivity contribution is 8.17. The topological polar surface area (TPSA) is 123 Å². The van der Waals surface area contributed by atoms with Gasteiger partial charge in [-0.2, -0.15) is 0 Å². The number of fused-ring (bicyclic) bond motifs is 1. The molecule has 1 aromatic rings. The van der Waals surface area contributed by atoms with Crippen LogP contribution in [0.5, 0.6) is 5.75 Å². The second-order valence-corrected chi connectivity index (χ2v) is 12.6. The van der Waals surface area contributed by atoms with E-state index in [1.54, 1.807) is 46.5 Å². The van der Waals surface area contributed by atoms with Crippen molar-refractivity contribution in [3.05, 3.63) is 120 Å². The van der Waals surface area contributed by atoms with Crippen LogP contribution in [0.4, 0.5) is 4.79 Å². The average Bonchev–Trinajstić information content (AvgIpc) is 3.43. The maximum Gasteiger partial charge on any atom is 0.283 e. The molecule has 49 heavy (non-hydrogen) atoms. The number of rotatable bonds is 16. The Hall–Kier alpha value is -4.55. The molecule has 1 heterocycles. The van der Waals surface area contributed by atoms with Crippen LogP contribution in [0.2, 0.25) is 0 Å². The minimum absolute atomic E-state index is 0.101. The lowest BCUT2D eigenvalue weighted by atomic mass is 10.1. The third-order valence-corrected chi connectivity index (χ3v) is 9.56. The van der Waals surface area contributed by atoms with Crippen molar-refractivity contribution in [2.45, 2.75) is 33.1 Å². The van der Waals surface area contributed by atoms with E-state index in [-0.39, 0.29) is 39.6 Å². The largest absolute Gasteiger partial charge is 0.501 e. The molecule has 10 nitrogen and oxygen atoms in total. The van der Waals surface area contributed by atoms with Gasteiger partial charge in [0.25, 0.3) is 5.24 Å². The van der Waals surface area contributed by atoms with Gasteiger partial charge < -0.3 is 33.4 Å². The number of amides is 1. The van der Waals surface area contributed by atoms with Crippen LogP contribution in [0.25, 0.3) is 11.8 Å². The van der Waals surface area contributed by atoms with Gasteiger partial charge in [-0.25, -0.2) is 0 Å². The summed E-state index contributed by atoms with van der Waals surface area (Å²) in [6.07, 6.45) is 16.7. The average molecular weight is 710 g/mol. The normalized spacial score (nSPS) is 15.2. The lowest BCUT2D eigenvalue weighted by Gasteiger charge is -2.12. The van der Waals surface area contributed by atoms with E-state index in [0.29, 0.717) is 70.2 Å². The van der Waals surface area contributed by atoms with E-state index in [2.05, 4.69) is 11.9 Å². The van der Waals surface area contributed by atoms with Gasteiger partial charge in [0.05, 0.1) is 40.0 Å². The first kappa shape index (κ1) is 38.9. The van der Waals surface area contributed by atoms with Crippen molar-refractivity contribution in [1.82, 2.24) is 5.32 Å². The monoisotopic (exact) mass is 709 g/mol. The third-order valence-electron chi connectivity index (χ3n) is 7.48. The number of nitrogens with one attached hydrogen (secondary N) is 1. The molecule has 1 amide bonds. The quantitative estimate of drug-likeness (QED) is 0.0983. The zero-order chi connectivity index (χ0) is 35.9. The van der Waals surface area contributed by atoms with Crippen molar-refractivity contribution in [2.24, 2.45) is 0 Å². The molecule has 2 aliphatic rings. The Morgan fingerprint density at radius 2 is 1.80 bits per heavy atom. The summed E-state index contributed by atoms with van der Waals surface area (Å²) in [5, 5.41) is 2.42. The van der Waals surface area contributed by atoms with Gasteiger partial charge in [-0.3, -0.25) is 14.4 Å². The van der Waals surface area contributed by atoms with Crippen LogP contribution < -0.4 is 26.1 Å². The van der Waals surface area contributed by atoms with Gasteiger partial charge in [0.15, 0.2) is 17.8 Å². The smallest absolute Gasteiger partial charge is 0.283 e. The summed E-state index contributed by atoms with van der Waals surface area (Å²) in [7, 11) is 7.74. The molecule has 1 N–H and O–H groups in total. The van der Waals surface area contributed by atoms with Gasteiger partial charge in [-0.1, -0.05) is 30.9 Å². The van der Waals surface area contributed by atoms with Crippen LogP contribution in [0.1, 0.15) is 32.4 Å². The number of thioether (sulfide) groups is 2. The Morgan fingerprint density at radius 1 is 1.04 bits per heavy atom. The first-order valence-corrected chi connectivity index (χ1v) is 17.2. The lowest BCUT2D eigenvalue weighted by Crippen LogP contribution is -2.42. The van der Waals surface area contributed by atoms with E-state index >= 15 is 0 Å². The molecule has 262 valence electrons. The van der Waals surface area contributed by atoms with Crippen LogP contribution in [0.15, 0.2) is 102 Å². The molecule has 0 atom stereocenters. The van der Waals surface area contributed by atoms with Crippen molar-refractivity contribution >= 4 is 46.9 Å². The van der Waals surface area contributed by atoms with E-state index < -0.39 is 0 Å². The maximum absolute atomic E-state index is 14.1. The SMILES string of the molecule is C=C(/C=C\C(=C/C)SCCOc1c(CC2=CCC(OC)=C(OC)C=C2)oc2c(c1=O)=C(OC)C=C(OC)CC=2)/C(C)=C(/C=O)SC(=O)NC. The van der Waals surface area contributed by atoms with Crippen LogP contribution in [-0.4, -0.2) is 59.4 Å². The fourth-order valence-corrected chi connectivity index (χ4v) is 6.05. The van der Waals surface area contributed by atoms with Crippen molar-refractivity contribution in [2.75, 3.05) is 47.8 Å². The summed E-state index contributed by atoms with van der Waals surface area (Å²) >= 11 is 2.34. The minimum atomic E-state index is -0.347. The molecule has 0 saturated heterocycles. The van der Waals surface area contributed by atoms with Gasteiger partial charge in [0.2, 0.25) is 11.2 Å². The number of carbonyl (C=O) groups excluding carboxylic acids is 2. The fourth-order valence-electron chi connectivity index (χ4n) is 4.68. The number of aldehydes is 1. The predicted octanol–water partition coefficient (Wildman–Crippen LogP) is 5.72. The Balaban J connectivity index is 1.88. The Bertz CT molecular complexity index is 1840. The molecule has 0 spiro atoms. The van der Waals surface area contributed by atoms with Gasteiger partial charge in [-0.05, 0) is 60.6 Å². The van der Waals surface area contributed by atoms with Crippen LogP contribution in [0.3, 0.4) is 0 Å². The molecule has 1 aromatic heterocycles. The Labute approximate surface area is 295 Å². The summed E-state index contributed by atoms with van der Waals surface area (Å²) in [6.45, 7) is 7.90. The number of carbonyl (C=O) groups is 2. The van der Waals surface area contributed by atoms with E-state index in [1.807, 2.05) is 37.3 Å². The van der Waals surface area contributed by atoms with Crippen molar-refractivity contribution in [3.63, 3.8) is 0 Å². The summed E-state index contributed by atoms with van der Waals surface area (Å²) in [6, 6.07) is 0. The summed E-state index contributed by atoms with van der Waals surface area (Å²) < 4.78 is 34.6. The number of allylic oxidation sites excluding steroid dienone is 11. The second kappa shape index (κ2) is 19.4. The molecule has 0 aliphatic heterocycles. The first-order valence-electron chi connectivity index (χ1n) is 15.4. The zero-order valence-electron chi connectivity index (χ0n) is 28.9. The van der Waals surface area contributed by atoms with E-state index in [9.17, 15) is 14.4 Å². The molecular formula is C37H43NO9S2. The third kappa shape index (κ3) is 10.5. The van der Waals surface area contributed by atoms with E-state index in [4.69, 9.17) is 28.1 Å². The highest BCUT2D eigenvalue weighted by atomic mass is 32.2. The summed E-state index contributed by atoms with van der Waals surface area (Å²) in [5.74, 6) is 3.24. The van der Waals surface area contributed by atoms with Crippen molar-refractivity contribution in [3.8, 4) is 5.75 Å². The molecule has 0 saturated carbocycles.